The van der Waals surface area contributed by atoms with Crippen LogP contribution in [0, 0.1) is 0 Å². The molecule has 4 N–H and O–H groups in total. The van der Waals surface area contributed by atoms with E-state index in [1.165, 1.54) is 14.2 Å². The normalized spacial score (nSPS) is 14.8. The number of nitrogens with zero attached hydrogens (tertiary/aromatic N) is 4. The third kappa shape index (κ3) is 5.24. The van der Waals surface area contributed by atoms with Crippen molar-refractivity contribution in [3.05, 3.63) is 58.2 Å². The largest absolute Gasteiger partial charge is 0.495 e. The zero-order valence-electron chi connectivity index (χ0n) is 19.9. The summed E-state index contributed by atoms with van der Waals surface area (Å²) in [6.07, 6.45) is 1.82. The van der Waals surface area contributed by atoms with Crippen LogP contribution >= 0.6 is 23.2 Å². The van der Waals surface area contributed by atoms with E-state index in [1.807, 2.05) is 24.4 Å². The van der Waals surface area contributed by atoms with Crippen LogP contribution in [0.3, 0.4) is 0 Å². The minimum atomic E-state index is 0.259. The van der Waals surface area contributed by atoms with Gasteiger partial charge >= 0.3 is 0 Å². The molecule has 10 heteroatoms. The Morgan fingerprint density at radius 2 is 1.63 bits per heavy atom. The number of nitrogens with two attached hydrogens (primary N) is 2. The molecule has 0 aliphatic carbocycles. The van der Waals surface area contributed by atoms with Crippen molar-refractivity contribution in [2.75, 3.05) is 58.1 Å². The molecule has 0 saturated carbocycles. The molecule has 35 heavy (non-hydrogen) atoms. The van der Waals surface area contributed by atoms with E-state index >= 15 is 0 Å². The molecule has 1 saturated heterocycles. The van der Waals surface area contributed by atoms with Crippen LogP contribution in [0.25, 0.3) is 11.1 Å². The number of anilines is 2. The minimum Gasteiger partial charge on any atom is -0.495 e. The highest BCUT2D eigenvalue weighted by Gasteiger charge is 2.20. The maximum atomic E-state index is 6.55. The Hall–Kier alpha value is -3.20. The van der Waals surface area contributed by atoms with E-state index < -0.39 is 0 Å². The number of hydrogen-bond donors (Lipinski definition) is 2. The van der Waals surface area contributed by atoms with Crippen LogP contribution < -0.4 is 25.8 Å². The van der Waals surface area contributed by atoms with Crippen LogP contribution in [0.1, 0.15) is 5.56 Å². The fourth-order valence-corrected chi connectivity index (χ4v) is 4.69. The average molecular weight is 515 g/mol. The summed E-state index contributed by atoms with van der Waals surface area (Å²) in [5.74, 6) is 1.65. The second kappa shape index (κ2) is 10.6. The summed E-state index contributed by atoms with van der Waals surface area (Å²) in [5.41, 5.74) is 16.0. The lowest BCUT2D eigenvalue weighted by atomic mass is 10.0. The summed E-state index contributed by atoms with van der Waals surface area (Å²) in [6.45, 7) is 4.00. The molecule has 2 heterocycles. The van der Waals surface area contributed by atoms with Gasteiger partial charge in [-0.05, 0) is 36.9 Å². The molecule has 0 amide bonds. The number of hydrogen-bond acceptors (Lipinski definition) is 7. The molecule has 0 bridgehead atoms. The molecular formula is C25H28Cl2N6O2. The number of nitrogen functional groups attached to an aromatic ring is 1. The van der Waals surface area contributed by atoms with Crippen LogP contribution in [0.15, 0.2) is 47.6 Å². The minimum absolute atomic E-state index is 0.259. The molecular weight excluding hydrogens is 487 g/mol. The number of piperazine rings is 1. The Bertz CT molecular complexity index is 1210. The van der Waals surface area contributed by atoms with Gasteiger partial charge in [-0.3, -0.25) is 0 Å². The maximum Gasteiger partial charge on any atom is 0.154 e. The van der Waals surface area contributed by atoms with Gasteiger partial charge in [0.05, 0.1) is 36.1 Å². The summed E-state index contributed by atoms with van der Waals surface area (Å²) < 4.78 is 10.7. The Morgan fingerprint density at radius 3 is 2.17 bits per heavy atom. The predicted octanol–water partition coefficient (Wildman–Crippen LogP) is 4.44. The standard InChI is InChI=1S/C25H28Cl2N6O2/c1-32-8-10-33(11-9-32)16-5-7-21(30-14-16)31-25(29)17-6-4-15(12-18(17)28)22-23(26)19(34-2)13-20(35-3)24(22)27/h4-7,12-14H,8-11,28H2,1-3H3,(H2,29,30,31). The second-order valence-electron chi connectivity index (χ2n) is 8.25. The van der Waals surface area contributed by atoms with Crippen molar-refractivity contribution < 1.29 is 9.47 Å². The first kappa shape index (κ1) is 24.9. The van der Waals surface area contributed by atoms with Crippen LogP contribution in [-0.2, 0) is 0 Å². The Balaban J connectivity index is 1.59. The Kier molecular flexibility index (Phi) is 7.54. The molecule has 8 nitrogen and oxygen atoms in total. The maximum absolute atomic E-state index is 6.55. The first-order valence-electron chi connectivity index (χ1n) is 11.1. The van der Waals surface area contributed by atoms with Gasteiger partial charge < -0.3 is 30.7 Å². The number of aliphatic imine (C=N–C) groups is 1. The number of likely N-dealkylation sites (N-methyl/N-ethyl adjacent to an activating group) is 1. The number of rotatable bonds is 6. The number of benzene rings is 2. The SMILES string of the molecule is COc1cc(OC)c(Cl)c(-c2ccc(C(N)=Nc3ccc(N4CCN(C)CC4)cn3)c(N)c2)c1Cl. The smallest absolute Gasteiger partial charge is 0.154 e. The second-order valence-corrected chi connectivity index (χ2v) is 9.00. The van der Waals surface area contributed by atoms with Gasteiger partial charge in [0, 0.05) is 49.1 Å². The van der Waals surface area contributed by atoms with Gasteiger partial charge in [-0.25, -0.2) is 9.98 Å². The van der Waals surface area contributed by atoms with Crippen molar-refractivity contribution in [2.24, 2.45) is 10.7 Å². The number of pyridine rings is 1. The number of methoxy groups -OCH3 is 2. The molecule has 1 aromatic heterocycles. The van der Waals surface area contributed by atoms with E-state index in [0.29, 0.717) is 49.7 Å². The zero-order chi connectivity index (χ0) is 25.1. The lowest BCUT2D eigenvalue weighted by molar-refractivity contribution is 0.313. The molecule has 1 fully saturated rings. The molecule has 0 unspecified atom stereocenters. The fourth-order valence-electron chi connectivity index (χ4n) is 3.97. The number of halogens is 2. The lowest BCUT2D eigenvalue weighted by Gasteiger charge is -2.33. The highest BCUT2D eigenvalue weighted by molar-refractivity contribution is 6.41. The summed E-state index contributed by atoms with van der Waals surface area (Å²) in [7, 11) is 5.18. The molecule has 0 atom stereocenters. The lowest BCUT2D eigenvalue weighted by Crippen LogP contribution is -2.44. The molecule has 3 aromatic rings. The van der Waals surface area contributed by atoms with Gasteiger partial charge in [0.15, 0.2) is 5.82 Å². The van der Waals surface area contributed by atoms with Gasteiger partial charge in [-0.2, -0.15) is 0 Å². The summed E-state index contributed by atoms with van der Waals surface area (Å²) in [4.78, 5) is 13.6. The van der Waals surface area contributed by atoms with E-state index in [0.717, 1.165) is 31.9 Å². The Morgan fingerprint density at radius 1 is 0.971 bits per heavy atom. The zero-order valence-corrected chi connectivity index (χ0v) is 21.4. The number of ether oxygens (including phenoxy) is 2. The third-order valence-corrected chi connectivity index (χ3v) is 6.78. The van der Waals surface area contributed by atoms with Crippen molar-refractivity contribution in [1.29, 1.82) is 0 Å². The fraction of sp³-hybridized carbons (Fsp3) is 0.280. The van der Waals surface area contributed by atoms with E-state index in [4.69, 9.17) is 44.1 Å². The topological polar surface area (TPSA) is 102 Å². The number of aromatic nitrogens is 1. The number of amidine groups is 1. The molecule has 1 aliphatic rings. The van der Waals surface area contributed by atoms with Gasteiger partial charge in [0.2, 0.25) is 0 Å². The van der Waals surface area contributed by atoms with Gasteiger partial charge in [-0.15, -0.1) is 0 Å². The first-order chi connectivity index (χ1) is 16.8. The van der Waals surface area contributed by atoms with Gasteiger partial charge in [-0.1, -0.05) is 29.3 Å². The van der Waals surface area contributed by atoms with Crippen molar-refractivity contribution in [3.8, 4) is 22.6 Å². The monoisotopic (exact) mass is 514 g/mol. The summed E-state index contributed by atoms with van der Waals surface area (Å²) in [5, 5.41) is 0.716. The quantitative estimate of drug-likeness (QED) is 0.284. The van der Waals surface area contributed by atoms with Crippen LogP contribution in [0.2, 0.25) is 10.0 Å². The summed E-state index contributed by atoms with van der Waals surface area (Å²) >= 11 is 13.1. The van der Waals surface area contributed by atoms with Crippen molar-refractivity contribution >= 4 is 46.2 Å². The Labute approximate surface area is 215 Å². The van der Waals surface area contributed by atoms with Gasteiger partial charge in [0.1, 0.15) is 17.3 Å². The van der Waals surface area contributed by atoms with E-state index in [2.05, 4.69) is 26.8 Å². The highest BCUT2D eigenvalue weighted by Crippen LogP contribution is 2.46. The molecule has 2 aromatic carbocycles. The predicted molar refractivity (Wildman–Crippen MR) is 144 cm³/mol. The van der Waals surface area contributed by atoms with Crippen molar-refractivity contribution in [3.63, 3.8) is 0 Å². The third-order valence-electron chi connectivity index (χ3n) is 6.03. The molecule has 4 rings (SSSR count). The van der Waals surface area contributed by atoms with Crippen molar-refractivity contribution in [1.82, 2.24) is 9.88 Å². The van der Waals surface area contributed by atoms with E-state index in [-0.39, 0.29) is 5.84 Å². The first-order valence-corrected chi connectivity index (χ1v) is 11.8. The van der Waals surface area contributed by atoms with Crippen LogP contribution in [0.5, 0.6) is 11.5 Å². The highest BCUT2D eigenvalue weighted by atomic mass is 35.5. The molecule has 0 radical (unpaired) electrons. The van der Waals surface area contributed by atoms with E-state index in [9.17, 15) is 0 Å². The van der Waals surface area contributed by atoms with Crippen LogP contribution in [-0.4, -0.2) is 63.2 Å². The molecule has 1 aliphatic heterocycles. The molecule has 184 valence electrons. The van der Waals surface area contributed by atoms with E-state index in [1.54, 1.807) is 18.2 Å². The summed E-state index contributed by atoms with van der Waals surface area (Å²) in [6, 6.07) is 10.8. The average Bonchev–Trinajstić information content (AvgIpc) is 2.85. The van der Waals surface area contributed by atoms with Crippen molar-refractivity contribution in [2.45, 2.75) is 0 Å². The molecule has 0 spiro atoms. The van der Waals surface area contributed by atoms with Crippen LogP contribution in [0.4, 0.5) is 17.2 Å². The van der Waals surface area contributed by atoms with Gasteiger partial charge in [0.25, 0.3) is 0 Å².